The van der Waals surface area contributed by atoms with Crippen molar-refractivity contribution in [2.24, 2.45) is 0 Å². The zero-order valence-electron chi connectivity index (χ0n) is 15.1. The van der Waals surface area contributed by atoms with Gasteiger partial charge in [0.05, 0.1) is 22.8 Å². The summed E-state index contributed by atoms with van der Waals surface area (Å²) in [4.78, 5) is 5.96. The van der Waals surface area contributed by atoms with Crippen LogP contribution in [0.5, 0.6) is 5.75 Å². The molecule has 0 spiro atoms. The van der Waals surface area contributed by atoms with Crippen molar-refractivity contribution in [3.8, 4) is 5.75 Å². The number of fused-ring (bicyclic) bond motifs is 1. The molecule has 0 aliphatic heterocycles. The summed E-state index contributed by atoms with van der Waals surface area (Å²) in [5.74, 6) is 0.807. The van der Waals surface area contributed by atoms with Gasteiger partial charge in [0.1, 0.15) is 27.0 Å². The van der Waals surface area contributed by atoms with E-state index in [0.717, 1.165) is 26.7 Å². The fourth-order valence-corrected chi connectivity index (χ4v) is 6.92. The van der Waals surface area contributed by atoms with Crippen molar-refractivity contribution < 1.29 is 13.7 Å². The molecule has 0 amide bonds. The summed E-state index contributed by atoms with van der Waals surface area (Å²) < 4.78 is 27.1. The Labute approximate surface area is 187 Å². The maximum absolute atomic E-state index is 13.4. The predicted octanol–water partition coefficient (Wildman–Crippen LogP) is 5.45. The van der Waals surface area contributed by atoms with Crippen molar-refractivity contribution in [2.45, 2.75) is 30.4 Å². The number of methoxy groups -OCH3 is 2. The second kappa shape index (κ2) is 8.36. The number of pyridine rings is 1. The topological polar surface area (TPSA) is 53.4 Å². The van der Waals surface area contributed by atoms with E-state index in [9.17, 15) is 4.21 Å². The molecule has 3 rings (SSSR count). The molecule has 0 aliphatic carbocycles. The van der Waals surface area contributed by atoms with Crippen LogP contribution in [0.3, 0.4) is 0 Å². The van der Waals surface area contributed by atoms with Gasteiger partial charge in [-0.1, -0.05) is 11.6 Å². The SMILES string of the molecule is COCn1c(Cl)cc2c(Br)c(S(=O)c3cc(C)c(OC)c(C)c3)c(I)nc21. The molecule has 0 N–H and O–H groups in total. The molecular weight excluding hydrogens is 567 g/mol. The smallest absolute Gasteiger partial charge is 0.145 e. The first kappa shape index (κ1) is 21.0. The van der Waals surface area contributed by atoms with E-state index >= 15 is 0 Å². The highest BCUT2D eigenvalue weighted by Gasteiger charge is 2.23. The minimum atomic E-state index is -1.41. The third kappa shape index (κ3) is 3.78. The molecule has 0 aliphatic rings. The Hall–Kier alpha value is -0.680. The molecule has 1 atom stereocenters. The standard InChI is InChI=1S/C18H17BrClIN2O3S/c1-9-5-11(6-10(2)15(9)26-4)27(24)16-14(19)12-7-13(20)23(8-25-3)18(12)22-17(16)21/h5-7H,8H2,1-4H3. The third-order valence-corrected chi connectivity index (χ3v) is 8.12. The minimum absolute atomic E-state index is 0.289. The molecule has 0 saturated carbocycles. The fourth-order valence-electron chi connectivity index (χ4n) is 3.01. The van der Waals surface area contributed by atoms with E-state index in [4.69, 9.17) is 21.1 Å². The summed E-state index contributed by atoms with van der Waals surface area (Å²) in [5.41, 5.74) is 2.56. The van der Waals surface area contributed by atoms with E-state index in [1.807, 2.05) is 26.0 Å². The summed E-state index contributed by atoms with van der Waals surface area (Å²) in [6, 6.07) is 5.57. The van der Waals surface area contributed by atoms with Crippen LogP contribution in [0.25, 0.3) is 11.0 Å². The van der Waals surface area contributed by atoms with Gasteiger partial charge in [0.25, 0.3) is 0 Å². The number of aromatic nitrogens is 2. The molecule has 27 heavy (non-hydrogen) atoms. The van der Waals surface area contributed by atoms with E-state index in [0.29, 0.717) is 24.3 Å². The van der Waals surface area contributed by atoms with E-state index in [-0.39, 0.29) is 6.73 Å². The second-order valence-electron chi connectivity index (χ2n) is 5.95. The molecule has 0 radical (unpaired) electrons. The van der Waals surface area contributed by atoms with Gasteiger partial charge in [-0.15, -0.1) is 0 Å². The number of ether oxygens (including phenoxy) is 2. The zero-order chi connectivity index (χ0) is 19.9. The van der Waals surface area contributed by atoms with Crippen molar-refractivity contribution in [1.29, 1.82) is 0 Å². The van der Waals surface area contributed by atoms with E-state index < -0.39 is 10.8 Å². The van der Waals surface area contributed by atoms with Crippen molar-refractivity contribution in [3.05, 3.63) is 42.7 Å². The van der Waals surface area contributed by atoms with Gasteiger partial charge in [0.15, 0.2) is 0 Å². The lowest BCUT2D eigenvalue weighted by atomic mass is 10.1. The second-order valence-corrected chi connectivity index (χ2v) is 9.57. The Morgan fingerprint density at radius 1 is 1.26 bits per heavy atom. The van der Waals surface area contributed by atoms with Gasteiger partial charge in [0, 0.05) is 21.9 Å². The molecule has 1 aromatic carbocycles. The highest BCUT2D eigenvalue weighted by atomic mass is 127. The first-order valence-electron chi connectivity index (χ1n) is 7.89. The summed E-state index contributed by atoms with van der Waals surface area (Å²) >= 11 is 12.0. The molecular formula is C18H17BrClIN2O3S. The van der Waals surface area contributed by atoms with E-state index in [2.05, 4.69) is 43.5 Å². The lowest BCUT2D eigenvalue weighted by Crippen LogP contribution is -2.05. The van der Waals surface area contributed by atoms with Crippen LogP contribution in [-0.4, -0.2) is 28.0 Å². The average Bonchev–Trinajstić information content (AvgIpc) is 2.91. The Morgan fingerprint density at radius 3 is 2.44 bits per heavy atom. The van der Waals surface area contributed by atoms with Crippen molar-refractivity contribution in [2.75, 3.05) is 14.2 Å². The summed E-state index contributed by atoms with van der Waals surface area (Å²) in [5, 5.41) is 1.30. The Bertz CT molecular complexity index is 1050. The predicted molar refractivity (Wildman–Crippen MR) is 119 cm³/mol. The van der Waals surface area contributed by atoms with Crippen molar-refractivity contribution in [3.63, 3.8) is 0 Å². The summed E-state index contributed by atoms with van der Waals surface area (Å²) in [6.07, 6.45) is 0. The molecule has 0 saturated heterocycles. The summed E-state index contributed by atoms with van der Waals surface area (Å²) in [7, 11) is 1.82. The summed E-state index contributed by atoms with van der Waals surface area (Å²) in [6.45, 7) is 4.18. The molecule has 144 valence electrons. The third-order valence-electron chi connectivity index (χ3n) is 4.14. The molecule has 0 bridgehead atoms. The first-order chi connectivity index (χ1) is 12.8. The minimum Gasteiger partial charge on any atom is -0.496 e. The lowest BCUT2D eigenvalue weighted by molar-refractivity contribution is 0.134. The Morgan fingerprint density at radius 2 is 1.89 bits per heavy atom. The quantitative estimate of drug-likeness (QED) is 0.296. The zero-order valence-corrected chi connectivity index (χ0v) is 20.4. The number of hydrogen-bond acceptors (Lipinski definition) is 4. The highest BCUT2D eigenvalue weighted by Crippen LogP contribution is 2.37. The Kier molecular flexibility index (Phi) is 6.52. The van der Waals surface area contributed by atoms with Gasteiger partial charge in [-0.25, -0.2) is 9.19 Å². The number of hydrogen-bond donors (Lipinski definition) is 0. The fraction of sp³-hybridized carbons (Fsp3) is 0.278. The van der Waals surface area contributed by atoms with Crippen molar-refractivity contribution >= 4 is 72.0 Å². The van der Waals surface area contributed by atoms with Gasteiger partial charge in [-0.2, -0.15) is 0 Å². The number of halogens is 3. The monoisotopic (exact) mass is 582 g/mol. The van der Waals surface area contributed by atoms with Crippen LogP contribution in [0.4, 0.5) is 0 Å². The van der Waals surface area contributed by atoms with Crippen LogP contribution in [0.15, 0.2) is 32.5 Å². The molecule has 9 heteroatoms. The number of nitrogens with zero attached hydrogens (tertiary/aromatic N) is 2. The molecule has 3 aromatic rings. The highest BCUT2D eigenvalue weighted by molar-refractivity contribution is 14.1. The lowest BCUT2D eigenvalue weighted by Gasteiger charge is -2.13. The van der Waals surface area contributed by atoms with Crippen LogP contribution in [0, 0.1) is 17.5 Å². The van der Waals surface area contributed by atoms with Gasteiger partial charge in [-0.05, 0) is 81.7 Å². The van der Waals surface area contributed by atoms with Gasteiger partial charge in [0.2, 0.25) is 0 Å². The van der Waals surface area contributed by atoms with Crippen LogP contribution in [0.1, 0.15) is 11.1 Å². The molecule has 2 heterocycles. The van der Waals surface area contributed by atoms with Crippen LogP contribution in [0.2, 0.25) is 5.15 Å². The first-order valence-corrected chi connectivity index (χ1v) is 11.3. The average molecular weight is 584 g/mol. The number of benzene rings is 1. The van der Waals surface area contributed by atoms with Crippen molar-refractivity contribution in [1.82, 2.24) is 9.55 Å². The molecule has 5 nitrogen and oxygen atoms in total. The van der Waals surface area contributed by atoms with Gasteiger partial charge < -0.3 is 9.47 Å². The Balaban J connectivity index is 2.19. The number of rotatable bonds is 5. The van der Waals surface area contributed by atoms with E-state index in [1.165, 1.54) is 0 Å². The molecule has 2 aromatic heterocycles. The van der Waals surface area contributed by atoms with E-state index in [1.54, 1.807) is 24.9 Å². The van der Waals surface area contributed by atoms with Crippen LogP contribution >= 0.6 is 50.1 Å². The number of aryl methyl sites for hydroxylation is 2. The van der Waals surface area contributed by atoms with Crippen LogP contribution < -0.4 is 4.74 Å². The molecule has 0 fully saturated rings. The maximum Gasteiger partial charge on any atom is 0.145 e. The largest absolute Gasteiger partial charge is 0.496 e. The van der Waals surface area contributed by atoms with Crippen LogP contribution in [-0.2, 0) is 22.3 Å². The van der Waals surface area contributed by atoms with Gasteiger partial charge >= 0.3 is 0 Å². The molecule has 1 unspecified atom stereocenters. The van der Waals surface area contributed by atoms with Gasteiger partial charge in [-0.3, -0.25) is 4.57 Å². The maximum atomic E-state index is 13.4. The normalized spacial score (nSPS) is 12.6.